The number of aldehydes is 1. The van der Waals surface area contributed by atoms with Crippen LogP contribution in [0, 0.1) is 0 Å². The van der Waals surface area contributed by atoms with Gasteiger partial charge >= 0.3 is 5.97 Å². The molecule has 1 aromatic carbocycles. The number of carboxylic acids is 1. The molecule has 15 heavy (non-hydrogen) atoms. The monoisotopic (exact) mass is 206 g/mol. The molecule has 0 aromatic heterocycles. The van der Waals surface area contributed by atoms with Crippen LogP contribution in [-0.4, -0.2) is 22.5 Å². The van der Waals surface area contributed by atoms with Crippen LogP contribution < -0.4 is 0 Å². The fourth-order valence-corrected chi connectivity index (χ4v) is 1.81. The molecule has 0 unspecified atom stereocenters. The zero-order valence-corrected chi connectivity index (χ0v) is 7.93. The highest BCUT2D eigenvalue weighted by atomic mass is 16.4. The van der Waals surface area contributed by atoms with Gasteiger partial charge in [0.1, 0.15) is 5.75 Å². The highest BCUT2D eigenvalue weighted by molar-refractivity contribution is 5.90. The third kappa shape index (κ3) is 1.38. The van der Waals surface area contributed by atoms with E-state index in [1.807, 2.05) is 0 Å². The summed E-state index contributed by atoms with van der Waals surface area (Å²) in [7, 11) is 0. The molecule has 2 rings (SSSR count). The van der Waals surface area contributed by atoms with Gasteiger partial charge in [-0.05, 0) is 30.5 Å². The molecule has 4 heteroatoms. The number of hydrogen-bond donors (Lipinski definition) is 2. The van der Waals surface area contributed by atoms with Gasteiger partial charge in [0.05, 0.1) is 5.41 Å². The zero-order chi connectivity index (χ0) is 11.1. The van der Waals surface area contributed by atoms with Crippen molar-refractivity contribution >= 4 is 12.3 Å². The normalized spacial score (nSPS) is 17.1. The lowest BCUT2D eigenvalue weighted by atomic mass is 9.92. The maximum atomic E-state index is 11.1. The van der Waals surface area contributed by atoms with Crippen LogP contribution >= 0.6 is 0 Å². The minimum Gasteiger partial charge on any atom is -0.508 e. The minimum atomic E-state index is -0.906. The standard InChI is InChI=1S/C11H10O4/c12-6-7-5-8(13)1-2-9(7)11(3-4-11)10(14)15/h1-2,5-6,13H,3-4H2,(H,14,15). The number of aromatic hydroxyl groups is 1. The highest BCUT2D eigenvalue weighted by Gasteiger charge is 2.52. The highest BCUT2D eigenvalue weighted by Crippen LogP contribution is 2.49. The topological polar surface area (TPSA) is 74.6 Å². The Hall–Kier alpha value is -1.84. The summed E-state index contributed by atoms with van der Waals surface area (Å²) in [5.74, 6) is -0.932. The van der Waals surface area contributed by atoms with E-state index in [1.165, 1.54) is 18.2 Å². The van der Waals surface area contributed by atoms with Crippen molar-refractivity contribution in [3.05, 3.63) is 29.3 Å². The van der Waals surface area contributed by atoms with Crippen LogP contribution in [0.1, 0.15) is 28.8 Å². The van der Waals surface area contributed by atoms with Gasteiger partial charge in [-0.2, -0.15) is 0 Å². The fourth-order valence-electron chi connectivity index (χ4n) is 1.81. The Balaban J connectivity index is 2.53. The Bertz CT molecular complexity index is 432. The van der Waals surface area contributed by atoms with Crippen LogP contribution in [-0.2, 0) is 10.2 Å². The molecule has 0 radical (unpaired) electrons. The van der Waals surface area contributed by atoms with Crippen LogP contribution in [0.2, 0.25) is 0 Å². The Morgan fingerprint density at radius 2 is 2.07 bits per heavy atom. The Morgan fingerprint density at radius 3 is 2.53 bits per heavy atom. The molecule has 0 spiro atoms. The number of carboxylic acid groups (broad SMARTS) is 1. The summed E-state index contributed by atoms with van der Waals surface area (Å²) in [6.45, 7) is 0. The molecule has 4 nitrogen and oxygen atoms in total. The second-order valence-electron chi connectivity index (χ2n) is 3.78. The molecule has 0 amide bonds. The van der Waals surface area contributed by atoms with Gasteiger partial charge in [0, 0.05) is 5.56 Å². The molecule has 78 valence electrons. The molecule has 0 heterocycles. The van der Waals surface area contributed by atoms with Crippen molar-refractivity contribution in [2.75, 3.05) is 0 Å². The lowest BCUT2D eigenvalue weighted by molar-refractivity contribution is -0.140. The largest absolute Gasteiger partial charge is 0.508 e. The van der Waals surface area contributed by atoms with E-state index >= 15 is 0 Å². The summed E-state index contributed by atoms with van der Waals surface area (Å²) in [5.41, 5.74) is -0.137. The number of phenols is 1. The van der Waals surface area contributed by atoms with Crippen molar-refractivity contribution in [1.29, 1.82) is 0 Å². The van der Waals surface area contributed by atoms with Crippen LogP contribution in [0.25, 0.3) is 0 Å². The number of carbonyl (C=O) groups excluding carboxylic acids is 1. The number of phenolic OH excluding ortho intramolecular Hbond substituents is 1. The van der Waals surface area contributed by atoms with E-state index in [1.54, 1.807) is 0 Å². The molecule has 0 aliphatic heterocycles. The number of hydrogen-bond acceptors (Lipinski definition) is 3. The average molecular weight is 206 g/mol. The van der Waals surface area contributed by atoms with Crippen LogP contribution in [0.15, 0.2) is 18.2 Å². The lowest BCUT2D eigenvalue weighted by Crippen LogP contribution is -2.21. The maximum Gasteiger partial charge on any atom is 0.314 e. The smallest absolute Gasteiger partial charge is 0.314 e. The molecule has 0 bridgehead atoms. The van der Waals surface area contributed by atoms with E-state index < -0.39 is 11.4 Å². The predicted octanol–water partition coefficient (Wildman–Crippen LogP) is 1.32. The van der Waals surface area contributed by atoms with Crippen molar-refractivity contribution in [3.63, 3.8) is 0 Å². The first-order chi connectivity index (χ1) is 7.10. The SMILES string of the molecule is O=Cc1cc(O)ccc1C1(C(=O)O)CC1. The summed E-state index contributed by atoms with van der Waals surface area (Å²) in [6, 6.07) is 4.22. The molecule has 1 fully saturated rings. The van der Waals surface area contributed by atoms with Gasteiger partial charge in [0.15, 0.2) is 6.29 Å². The third-order valence-corrected chi connectivity index (χ3v) is 2.84. The number of rotatable bonds is 3. The summed E-state index contributed by atoms with van der Waals surface area (Å²) < 4.78 is 0. The Morgan fingerprint density at radius 1 is 1.40 bits per heavy atom. The molecule has 0 saturated heterocycles. The van der Waals surface area contributed by atoms with E-state index in [2.05, 4.69) is 0 Å². The Kier molecular flexibility index (Phi) is 2.00. The Labute approximate surface area is 86.2 Å². The number of aliphatic carboxylic acids is 1. The van der Waals surface area contributed by atoms with Crippen molar-refractivity contribution in [1.82, 2.24) is 0 Å². The summed E-state index contributed by atoms with van der Waals surface area (Å²) in [6.07, 6.45) is 1.68. The molecular weight excluding hydrogens is 196 g/mol. The van der Waals surface area contributed by atoms with E-state index in [9.17, 15) is 14.7 Å². The third-order valence-electron chi connectivity index (χ3n) is 2.84. The van der Waals surface area contributed by atoms with Gasteiger partial charge in [0.2, 0.25) is 0 Å². The second kappa shape index (κ2) is 3.08. The van der Waals surface area contributed by atoms with E-state index in [4.69, 9.17) is 5.11 Å². The van der Waals surface area contributed by atoms with Gasteiger partial charge < -0.3 is 10.2 Å². The predicted molar refractivity (Wildman–Crippen MR) is 52.0 cm³/mol. The van der Waals surface area contributed by atoms with Gasteiger partial charge in [-0.3, -0.25) is 9.59 Å². The number of benzene rings is 1. The van der Waals surface area contributed by atoms with E-state index in [-0.39, 0.29) is 11.3 Å². The molecule has 1 aromatic rings. The molecule has 1 aliphatic rings. The second-order valence-corrected chi connectivity index (χ2v) is 3.78. The van der Waals surface area contributed by atoms with Crippen LogP contribution in [0.4, 0.5) is 0 Å². The molecular formula is C11H10O4. The first kappa shape index (κ1) is 9.71. The van der Waals surface area contributed by atoms with Gasteiger partial charge in [0.25, 0.3) is 0 Å². The zero-order valence-electron chi connectivity index (χ0n) is 7.93. The minimum absolute atomic E-state index is 0.0259. The molecule has 2 N–H and O–H groups in total. The molecule has 1 saturated carbocycles. The lowest BCUT2D eigenvalue weighted by Gasteiger charge is -2.12. The van der Waals surface area contributed by atoms with E-state index in [0.717, 1.165) is 0 Å². The van der Waals surface area contributed by atoms with Crippen LogP contribution in [0.5, 0.6) is 5.75 Å². The quantitative estimate of drug-likeness (QED) is 0.731. The van der Waals surface area contributed by atoms with Gasteiger partial charge in [-0.25, -0.2) is 0 Å². The maximum absolute atomic E-state index is 11.1. The fraction of sp³-hybridized carbons (Fsp3) is 0.273. The van der Waals surface area contributed by atoms with Gasteiger partial charge in [-0.15, -0.1) is 0 Å². The molecule has 1 aliphatic carbocycles. The van der Waals surface area contributed by atoms with E-state index in [0.29, 0.717) is 24.7 Å². The summed E-state index contributed by atoms with van der Waals surface area (Å²) in [4.78, 5) is 21.8. The number of carbonyl (C=O) groups is 2. The van der Waals surface area contributed by atoms with Crippen molar-refractivity contribution in [2.45, 2.75) is 18.3 Å². The first-order valence-corrected chi connectivity index (χ1v) is 4.62. The first-order valence-electron chi connectivity index (χ1n) is 4.62. The van der Waals surface area contributed by atoms with Gasteiger partial charge in [-0.1, -0.05) is 6.07 Å². The van der Waals surface area contributed by atoms with Crippen molar-refractivity contribution in [3.8, 4) is 5.75 Å². The summed E-state index contributed by atoms with van der Waals surface area (Å²) >= 11 is 0. The average Bonchev–Trinajstić information content (AvgIpc) is 2.98. The molecule has 0 atom stereocenters. The van der Waals surface area contributed by atoms with Crippen molar-refractivity contribution < 1.29 is 19.8 Å². The van der Waals surface area contributed by atoms with Crippen LogP contribution in [0.3, 0.4) is 0 Å². The summed E-state index contributed by atoms with van der Waals surface area (Å²) in [5, 5.41) is 18.3. The van der Waals surface area contributed by atoms with Crippen molar-refractivity contribution in [2.24, 2.45) is 0 Å².